The minimum Gasteiger partial charge on any atom is -0.325 e. The number of fused-ring (bicyclic) bond motifs is 7. The molecule has 2 N–H and O–H groups in total. The standard InChI is InChI=1S/C28H21BrClN3O3/c29-16-12-10-15(11-13-16)24(34)22-21-9-4-14-33(21)28(18-6-3-7-19(30)23(18)32-26(28)36)27(22)17-5-1-2-8-20(17)31-25(27)35/h1-3,5-8,10-13,21-22H,4,9,14H2,(H,31,35)(H,32,36)/t21-,22+,27+,28+/m1/s1. The quantitative estimate of drug-likeness (QED) is 0.425. The number of benzene rings is 3. The zero-order valence-electron chi connectivity index (χ0n) is 19.1. The number of hydrogen-bond donors (Lipinski definition) is 2. The van der Waals surface area contributed by atoms with E-state index in [2.05, 4.69) is 31.5 Å². The minimum atomic E-state index is -1.46. The van der Waals surface area contributed by atoms with E-state index in [0.717, 1.165) is 17.3 Å². The molecule has 7 rings (SSSR count). The summed E-state index contributed by atoms with van der Waals surface area (Å²) in [5.74, 6) is -1.53. The van der Waals surface area contributed by atoms with Crippen molar-refractivity contribution < 1.29 is 14.4 Å². The van der Waals surface area contributed by atoms with Crippen molar-refractivity contribution in [3.05, 3.63) is 92.9 Å². The van der Waals surface area contributed by atoms with E-state index in [4.69, 9.17) is 11.6 Å². The van der Waals surface area contributed by atoms with Crippen molar-refractivity contribution in [1.82, 2.24) is 4.90 Å². The van der Waals surface area contributed by atoms with Crippen LogP contribution in [0.3, 0.4) is 0 Å². The molecular formula is C28H21BrClN3O3. The molecule has 6 nitrogen and oxygen atoms in total. The van der Waals surface area contributed by atoms with Gasteiger partial charge in [0, 0.05) is 27.3 Å². The second-order valence-corrected chi connectivity index (χ2v) is 11.2. The van der Waals surface area contributed by atoms with Gasteiger partial charge in [-0.1, -0.05) is 70.0 Å². The summed E-state index contributed by atoms with van der Waals surface area (Å²) in [6.45, 7) is 0.603. The molecule has 2 fully saturated rings. The number of anilines is 2. The number of nitrogens with one attached hydrogen (secondary N) is 2. The van der Waals surface area contributed by atoms with Crippen molar-refractivity contribution in [2.75, 3.05) is 17.2 Å². The highest BCUT2D eigenvalue weighted by atomic mass is 79.9. The molecule has 2 amide bonds. The Kier molecular flexibility index (Phi) is 4.63. The fourth-order valence-electron chi connectivity index (χ4n) is 7.36. The molecule has 36 heavy (non-hydrogen) atoms. The SMILES string of the molecule is O=C(c1ccc(Br)cc1)[C@@H]1[C@H]2CCCN2[C@@]2(C(=O)Nc3c(Cl)cccc32)[C@]12C(=O)Nc1ccccc12. The van der Waals surface area contributed by atoms with Gasteiger partial charge in [-0.3, -0.25) is 19.3 Å². The minimum absolute atomic E-state index is 0.133. The lowest BCUT2D eigenvalue weighted by Crippen LogP contribution is -2.62. The number of carbonyl (C=O) groups excluding carboxylic acids is 3. The lowest BCUT2D eigenvalue weighted by molar-refractivity contribution is -0.137. The summed E-state index contributed by atoms with van der Waals surface area (Å²) in [6.07, 6.45) is 1.55. The number of carbonyl (C=O) groups is 3. The summed E-state index contributed by atoms with van der Waals surface area (Å²) < 4.78 is 0.863. The van der Waals surface area contributed by atoms with E-state index >= 15 is 0 Å². The van der Waals surface area contributed by atoms with E-state index in [-0.39, 0.29) is 23.6 Å². The maximum absolute atomic E-state index is 14.5. The fourth-order valence-corrected chi connectivity index (χ4v) is 7.85. The number of hydrogen-bond acceptors (Lipinski definition) is 4. The normalized spacial score (nSPS) is 29.8. The Bertz CT molecular complexity index is 1490. The Labute approximate surface area is 221 Å². The summed E-state index contributed by atoms with van der Waals surface area (Å²) in [6, 6.07) is 19.8. The van der Waals surface area contributed by atoms with Gasteiger partial charge in [0.05, 0.1) is 16.6 Å². The first-order valence-electron chi connectivity index (χ1n) is 12.0. The average molecular weight is 563 g/mol. The average Bonchev–Trinajstić information content (AvgIpc) is 3.59. The second kappa shape index (κ2) is 7.51. The maximum Gasteiger partial charge on any atom is 0.251 e. The van der Waals surface area contributed by atoms with Crippen LogP contribution in [0.25, 0.3) is 0 Å². The Morgan fingerprint density at radius 3 is 2.50 bits per heavy atom. The van der Waals surface area contributed by atoms with Gasteiger partial charge in [0.2, 0.25) is 5.91 Å². The highest BCUT2D eigenvalue weighted by molar-refractivity contribution is 9.10. The molecule has 0 aliphatic carbocycles. The van der Waals surface area contributed by atoms with Crippen LogP contribution in [0.4, 0.5) is 11.4 Å². The number of Topliss-reactive ketones (excluding diaryl/α,β-unsaturated/α-hetero) is 1. The van der Waals surface area contributed by atoms with E-state index in [9.17, 15) is 14.4 Å². The summed E-state index contributed by atoms with van der Waals surface area (Å²) in [4.78, 5) is 45.3. The van der Waals surface area contributed by atoms with Crippen LogP contribution >= 0.6 is 27.5 Å². The van der Waals surface area contributed by atoms with Gasteiger partial charge in [-0.2, -0.15) is 0 Å². The van der Waals surface area contributed by atoms with Gasteiger partial charge >= 0.3 is 0 Å². The summed E-state index contributed by atoms with van der Waals surface area (Å²) in [5.41, 5.74) is 0.156. The van der Waals surface area contributed by atoms with Crippen LogP contribution < -0.4 is 10.6 Å². The summed E-state index contributed by atoms with van der Waals surface area (Å²) >= 11 is 10.0. The molecular weight excluding hydrogens is 542 g/mol. The van der Waals surface area contributed by atoms with Gasteiger partial charge in [0.25, 0.3) is 5.91 Å². The Balaban J connectivity index is 1.59. The molecule has 0 radical (unpaired) electrons. The lowest BCUT2D eigenvalue weighted by Gasteiger charge is -2.43. The number of rotatable bonds is 2. The number of halogens is 2. The zero-order chi connectivity index (χ0) is 24.8. The smallest absolute Gasteiger partial charge is 0.251 e. The molecule has 4 aliphatic heterocycles. The molecule has 0 aromatic heterocycles. The first-order chi connectivity index (χ1) is 17.4. The van der Waals surface area contributed by atoms with Gasteiger partial charge < -0.3 is 10.6 Å². The van der Waals surface area contributed by atoms with Crippen LogP contribution in [0.1, 0.15) is 34.3 Å². The molecule has 0 saturated carbocycles. The van der Waals surface area contributed by atoms with Crippen LogP contribution in [0.5, 0.6) is 0 Å². The van der Waals surface area contributed by atoms with Gasteiger partial charge in [0.1, 0.15) is 11.0 Å². The van der Waals surface area contributed by atoms with Crippen molar-refractivity contribution in [3.63, 3.8) is 0 Å². The third kappa shape index (κ3) is 2.44. The number of ketones is 1. The van der Waals surface area contributed by atoms with Gasteiger partial charge in [0.15, 0.2) is 5.78 Å². The molecule has 0 bridgehead atoms. The summed E-state index contributed by atoms with van der Waals surface area (Å²) in [5, 5.41) is 6.47. The monoisotopic (exact) mass is 561 g/mol. The molecule has 3 aromatic rings. The van der Waals surface area contributed by atoms with Crippen molar-refractivity contribution in [3.8, 4) is 0 Å². The molecule has 0 unspecified atom stereocenters. The van der Waals surface area contributed by atoms with Crippen LogP contribution in [0.15, 0.2) is 71.2 Å². The molecule has 2 saturated heterocycles. The van der Waals surface area contributed by atoms with Crippen LogP contribution in [-0.2, 0) is 20.5 Å². The van der Waals surface area contributed by atoms with E-state index in [1.807, 2.05) is 48.5 Å². The van der Waals surface area contributed by atoms with E-state index in [0.29, 0.717) is 39.6 Å². The van der Waals surface area contributed by atoms with E-state index in [1.165, 1.54) is 0 Å². The highest BCUT2D eigenvalue weighted by Crippen LogP contribution is 2.68. The van der Waals surface area contributed by atoms with Crippen molar-refractivity contribution in [1.29, 1.82) is 0 Å². The van der Waals surface area contributed by atoms with Crippen LogP contribution in [0, 0.1) is 5.92 Å². The summed E-state index contributed by atoms with van der Waals surface area (Å²) in [7, 11) is 0. The lowest BCUT2D eigenvalue weighted by atomic mass is 9.57. The first kappa shape index (κ1) is 22.2. The topological polar surface area (TPSA) is 78.5 Å². The third-order valence-corrected chi connectivity index (χ3v) is 9.34. The predicted octanol–water partition coefficient (Wildman–Crippen LogP) is 5.12. The molecule has 3 aromatic carbocycles. The first-order valence-corrected chi connectivity index (χ1v) is 13.2. The van der Waals surface area contributed by atoms with Crippen molar-refractivity contribution >= 4 is 56.5 Å². The fraction of sp³-hybridized carbons (Fsp3) is 0.250. The van der Waals surface area contributed by atoms with Crippen molar-refractivity contribution in [2.24, 2.45) is 5.92 Å². The molecule has 180 valence electrons. The Morgan fingerprint density at radius 2 is 1.69 bits per heavy atom. The highest BCUT2D eigenvalue weighted by Gasteiger charge is 2.81. The number of nitrogens with zero attached hydrogens (tertiary/aromatic N) is 1. The molecule has 8 heteroatoms. The predicted molar refractivity (Wildman–Crippen MR) is 140 cm³/mol. The molecule has 4 aliphatic rings. The molecule has 4 heterocycles. The zero-order valence-corrected chi connectivity index (χ0v) is 21.4. The Morgan fingerprint density at radius 1 is 0.944 bits per heavy atom. The second-order valence-electron chi connectivity index (χ2n) is 9.89. The number of para-hydroxylation sites is 2. The molecule has 2 spiro atoms. The van der Waals surface area contributed by atoms with Gasteiger partial charge in [-0.15, -0.1) is 0 Å². The van der Waals surface area contributed by atoms with Crippen molar-refractivity contribution in [2.45, 2.75) is 29.8 Å². The van der Waals surface area contributed by atoms with Crippen LogP contribution in [-0.4, -0.2) is 35.1 Å². The molecule has 4 atom stereocenters. The van der Waals surface area contributed by atoms with E-state index in [1.54, 1.807) is 18.2 Å². The Hall–Kier alpha value is -3.00. The maximum atomic E-state index is 14.5. The largest absolute Gasteiger partial charge is 0.325 e. The number of amides is 2. The van der Waals surface area contributed by atoms with Gasteiger partial charge in [-0.05, 0) is 49.2 Å². The van der Waals surface area contributed by atoms with Crippen LogP contribution in [0.2, 0.25) is 5.02 Å². The van der Waals surface area contributed by atoms with Gasteiger partial charge in [-0.25, -0.2) is 0 Å². The van der Waals surface area contributed by atoms with E-state index < -0.39 is 16.9 Å². The third-order valence-electron chi connectivity index (χ3n) is 8.49.